The van der Waals surface area contributed by atoms with E-state index in [-0.39, 0.29) is 17.3 Å². The average Bonchev–Trinajstić information content (AvgIpc) is 2.60. The number of nitrogens with one attached hydrogen (secondary N) is 2. The summed E-state index contributed by atoms with van der Waals surface area (Å²) in [5.74, 6) is 0.425. The second-order valence-electron chi connectivity index (χ2n) is 5.51. The molecular formula is C18H22N2O4S. The number of hydrogen-bond acceptors (Lipinski definition) is 4. The molecule has 2 rings (SSSR count). The molecule has 134 valence electrons. The van der Waals surface area contributed by atoms with E-state index in [2.05, 4.69) is 10.0 Å². The summed E-state index contributed by atoms with van der Waals surface area (Å²) in [5, 5.41) is 2.81. The fraction of sp³-hybridized carbons (Fsp3) is 0.278. The lowest BCUT2D eigenvalue weighted by Crippen LogP contribution is -2.26. The normalized spacial score (nSPS) is 11.2. The molecule has 0 spiro atoms. The van der Waals surface area contributed by atoms with Gasteiger partial charge in [0.25, 0.3) is 5.91 Å². The third kappa shape index (κ3) is 4.80. The maximum Gasteiger partial charge on any atom is 0.251 e. The molecule has 0 aromatic heterocycles. The number of rotatable bonds is 7. The van der Waals surface area contributed by atoms with Crippen LogP contribution in [0, 0.1) is 6.92 Å². The second kappa shape index (κ2) is 8.13. The van der Waals surface area contributed by atoms with Gasteiger partial charge in [-0.1, -0.05) is 25.1 Å². The molecule has 2 aromatic rings. The first kappa shape index (κ1) is 19.0. The number of amides is 1. The summed E-state index contributed by atoms with van der Waals surface area (Å²) in [5.41, 5.74) is 1.97. The molecule has 0 unspecified atom stereocenters. The van der Waals surface area contributed by atoms with E-state index in [1.807, 2.05) is 24.3 Å². The van der Waals surface area contributed by atoms with Crippen LogP contribution in [-0.2, 0) is 16.6 Å². The molecule has 0 radical (unpaired) electrons. The van der Waals surface area contributed by atoms with Crippen LogP contribution in [0.3, 0.4) is 0 Å². The van der Waals surface area contributed by atoms with Gasteiger partial charge in [0.1, 0.15) is 5.75 Å². The van der Waals surface area contributed by atoms with Crippen LogP contribution < -0.4 is 14.8 Å². The molecule has 0 fully saturated rings. The molecule has 1 amide bonds. The molecule has 0 atom stereocenters. The summed E-state index contributed by atoms with van der Waals surface area (Å²) in [6, 6.07) is 11.9. The van der Waals surface area contributed by atoms with Crippen LogP contribution in [0.25, 0.3) is 0 Å². The van der Waals surface area contributed by atoms with E-state index in [1.165, 1.54) is 12.1 Å². The molecule has 0 bridgehead atoms. The minimum absolute atomic E-state index is 0.0783. The van der Waals surface area contributed by atoms with Gasteiger partial charge in [0.2, 0.25) is 10.0 Å². The fourth-order valence-electron chi connectivity index (χ4n) is 2.31. The molecule has 0 saturated carbocycles. The van der Waals surface area contributed by atoms with Crippen LogP contribution in [0.15, 0.2) is 47.4 Å². The smallest absolute Gasteiger partial charge is 0.251 e. The maximum absolute atomic E-state index is 12.4. The standard InChI is InChI=1S/C18H22N2O4S/c1-4-20-25(22,23)16-10-5-13(2)17(11-16)18(21)19-12-14-6-8-15(24-3)9-7-14/h5-11,20H,4,12H2,1-3H3,(H,19,21). The van der Waals surface area contributed by atoms with Crippen LogP contribution >= 0.6 is 0 Å². The highest BCUT2D eigenvalue weighted by Gasteiger charge is 2.17. The number of sulfonamides is 1. The molecule has 0 aliphatic carbocycles. The highest BCUT2D eigenvalue weighted by Crippen LogP contribution is 2.16. The first-order valence-corrected chi connectivity index (χ1v) is 9.37. The minimum Gasteiger partial charge on any atom is -0.497 e. The van der Waals surface area contributed by atoms with Crippen LogP contribution in [0.1, 0.15) is 28.4 Å². The summed E-state index contributed by atoms with van der Waals surface area (Å²) in [4.78, 5) is 12.5. The molecule has 2 N–H and O–H groups in total. The van der Waals surface area contributed by atoms with Gasteiger partial charge >= 0.3 is 0 Å². The Bertz CT molecular complexity index is 846. The van der Waals surface area contributed by atoms with Gasteiger partial charge in [0.15, 0.2) is 0 Å². The first-order chi connectivity index (χ1) is 11.9. The van der Waals surface area contributed by atoms with Crippen molar-refractivity contribution in [1.82, 2.24) is 10.0 Å². The highest BCUT2D eigenvalue weighted by molar-refractivity contribution is 7.89. The van der Waals surface area contributed by atoms with E-state index >= 15 is 0 Å². The lowest BCUT2D eigenvalue weighted by molar-refractivity contribution is 0.0950. The third-order valence-electron chi connectivity index (χ3n) is 3.71. The summed E-state index contributed by atoms with van der Waals surface area (Å²) in [6.45, 7) is 4.10. The molecule has 0 saturated heterocycles. The SMILES string of the molecule is CCNS(=O)(=O)c1ccc(C)c(C(=O)NCc2ccc(OC)cc2)c1. The van der Waals surface area contributed by atoms with Crippen LogP contribution in [0.4, 0.5) is 0 Å². The lowest BCUT2D eigenvalue weighted by atomic mass is 10.1. The largest absolute Gasteiger partial charge is 0.497 e. The Kier molecular flexibility index (Phi) is 6.17. The summed E-state index contributed by atoms with van der Waals surface area (Å²) < 4.78 is 31.7. The number of carbonyl (C=O) groups is 1. The lowest BCUT2D eigenvalue weighted by Gasteiger charge is -2.11. The van der Waals surface area contributed by atoms with Crippen molar-refractivity contribution in [2.45, 2.75) is 25.3 Å². The van der Waals surface area contributed by atoms with E-state index in [0.29, 0.717) is 17.7 Å². The van der Waals surface area contributed by atoms with Crippen molar-refractivity contribution in [3.63, 3.8) is 0 Å². The Morgan fingerprint density at radius 2 is 1.80 bits per heavy atom. The summed E-state index contributed by atoms with van der Waals surface area (Å²) in [7, 11) is -2.01. The van der Waals surface area contributed by atoms with E-state index in [9.17, 15) is 13.2 Å². The summed E-state index contributed by atoms with van der Waals surface area (Å²) in [6.07, 6.45) is 0. The van der Waals surface area contributed by atoms with Crippen LogP contribution in [0.2, 0.25) is 0 Å². The zero-order valence-corrected chi connectivity index (χ0v) is 15.3. The molecule has 25 heavy (non-hydrogen) atoms. The van der Waals surface area contributed by atoms with E-state index < -0.39 is 10.0 Å². The van der Waals surface area contributed by atoms with Gasteiger partial charge < -0.3 is 10.1 Å². The fourth-order valence-corrected chi connectivity index (χ4v) is 3.37. The van der Waals surface area contributed by atoms with Crippen molar-refractivity contribution in [2.75, 3.05) is 13.7 Å². The Labute approximate surface area is 148 Å². The third-order valence-corrected chi connectivity index (χ3v) is 5.25. The minimum atomic E-state index is -3.60. The molecule has 2 aromatic carbocycles. The summed E-state index contributed by atoms with van der Waals surface area (Å²) >= 11 is 0. The molecule has 6 nitrogen and oxygen atoms in total. The van der Waals surface area contributed by atoms with Gasteiger partial charge in [-0.15, -0.1) is 0 Å². The highest BCUT2D eigenvalue weighted by atomic mass is 32.2. The monoisotopic (exact) mass is 362 g/mol. The van der Waals surface area contributed by atoms with Gasteiger partial charge in [-0.05, 0) is 42.3 Å². The number of methoxy groups -OCH3 is 1. The predicted molar refractivity (Wildman–Crippen MR) is 96.2 cm³/mol. The first-order valence-electron chi connectivity index (χ1n) is 7.89. The predicted octanol–water partition coefficient (Wildman–Crippen LogP) is 2.23. The van der Waals surface area contributed by atoms with Crippen molar-refractivity contribution in [1.29, 1.82) is 0 Å². The van der Waals surface area contributed by atoms with E-state index in [0.717, 1.165) is 11.3 Å². The van der Waals surface area contributed by atoms with Crippen molar-refractivity contribution in [2.24, 2.45) is 0 Å². The Balaban J connectivity index is 2.15. The van der Waals surface area contributed by atoms with Crippen LogP contribution in [-0.4, -0.2) is 28.0 Å². The van der Waals surface area contributed by atoms with Crippen molar-refractivity contribution < 1.29 is 17.9 Å². The quantitative estimate of drug-likeness (QED) is 0.791. The average molecular weight is 362 g/mol. The topological polar surface area (TPSA) is 84.5 Å². The molecule has 0 aliphatic rings. The van der Waals surface area contributed by atoms with Gasteiger partial charge in [0.05, 0.1) is 12.0 Å². The van der Waals surface area contributed by atoms with Crippen molar-refractivity contribution in [3.8, 4) is 5.75 Å². The Hall–Kier alpha value is -2.38. The molecular weight excluding hydrogens is 340 g/mol. The number of aryl methyl sites for hydroxylation is 1. The number of benzene rings is 2. The van der Waals surface area contributed by atoms with Gasteiger partial charge in [0, 0.05) is 18.7 Å². The molecule has 0 aliphatic heterocycles. The van der Waals surface area contributed by atoms with Crippen LogP contribution in [0.5, 0.6) is 5.75 Å². The maximum atomic E-state index is 12.4. The van der Waals surface area contributed by atoms with Crippen molar-refractivity contribution in [3.05, 3.63) is 59.2 Å². The second-order valence-corrected chi connectivity index (χ2v) is 7.28. The van der Waals surface area contributed by atoms with E-state index in [1.54, 1.807) is 27.0 Å². The number of carbonyl (C=O) groups excluding carboxylic acids is 1. The Morgan fingerprint density at radius 1 is 1.12 bits per heavy atom. The Morgan fingerprint density at radius 3 is 2.40 bits per heavy atom. The zero-order chi connectivity index (χ0) is 18.4. The van der Waals surface area contributed by atoms with Gasteiger partial charge in [-0.25, -0.2) is 13.1 Å². The number of hydrogen-bond donors (Lipinski definition) is 2. The van der Waals surface area contributed by atoms with E-state index in [4.69, 9.17) is 4.74 Å². The van der Waals surface area contributed by atoms with Gasteiger partial charge in [-0.3, -0.25) is 4.79 Å². The molecule has 0 heterocycles. The molecule has 7 heteroatoms. The number of ether oxygens (including phenoxy) is 1. The van der Waals surface area contributed by atoms with Gasteiger partial charge in [-0.2, -0.15) is 0 Å². The zero-order valence-electron chi connectivity index (χ0n) is 14.5. The van der Waals surface area contributed by atoms with Crippen molar-refractivity contribution >= 4 is 15.9 Å².